The van der Waals surface area contributed by atoms with E-state index in [1.54, 1.807) is 0 Å². The number of hydrogen-bond acceptors (Lipinski definition) is 2. The maximum atomic E-state index is 11.9. The maximum Gasteiger partial charge on any atom is 0.223 e. The van der Waals surface area contributed by atoms with E-state index in [1.807, 2.05) is 0 Å². The van der Waals surface area contributed by atoms with Crippen molar-refractivity contribution in [3.63, 3.8) is 0 Å². The molecule has 2 aliphatic rings. The molecule has 0 radical (unpaired) electrons. The lowest BCUT2D eigenvalue weighted by Gasteiger charge is -2.19. The zero-order valence-corrected chi connectivity index (χ0v) is 11.9. The highest BCUT2D eigenvalue weighted by atomic mass is 16.2. The van der Waals surface area contributed by atoms with E-state index in [2.05, 4.69) is 34.9 Å². The van der Waals surface area contributed by atoms with Crippen molar-refractivity contribution in [3.05, 3.63) is 24.3 Å². The Morgan fingerprint density at radius 2 is 1.25 bits per heavy atom. The van der Waals surface area contributed by atoms with E-state index in [0.29, 0.717) is 13.1 Å². The van der Waals surface area contributed by atoms with Crippen LogP contribution in [0, 0.1) is 11.8 Å². The first kappa shape index (κ1) is 14.8. The van der Waals surface area contributed by atoms with Gasteiger partial charge in [-0.1, -0.05) is 24.3 Å². The summed E-state index contributed by atoms with van der Waals surface area (Å²) in [5.41, 5.74) is 0. The second-order valence-corrected chi connectivity index (χ2v) is 5.54. The van der Waals surface area contributed by atoms with Crippen LogP contribution in [-0.2, 0) is 9.59 Å². The smallest absolute Gasteiger partial charge is 0.223 e. The van der Waals surface area contributed by atoms with Crippen LogP contribution >= 0.6 is 0 Å². The molecule has 4 heteroatoms. The molecule has 2 N–H and O–H groups in total. The Morgan fingerprint density at radius 1 is 0.800 bits per heavy atom. The molecule has 0 aliphatic heterocycles. The Kier molecular flexibility index (Phi) is 5.84. The van der Waals surface area contributed by atoms with Crippen LogP contribution in [0.3, 0.4) is 0 Å². The minimum atomic E-state index is 0.110. The highest BCUT2D eigenvalue weighted by Crippen LogP contribution is 2.18. The van der Waals surface area contributed by atoms with Gasteiger partial charge in [0.15, 0.2) is 0 Å². The topological polar surface area (TPSA) is 58.2 Å². The van der Waals surface area contributed by atoms with E-state index in [4.69, 9.17) is 0 Å². The SMILES string of the molecule is O=C(NCCNC(=O)[C@H]1CC=CCC1)[C@@H]1CC=CCC1. The van der Waals surface area contributed by atoms with Crippen LogP contribution in [0.25, 0.3) is 0 Å². The van der Waals surface area contributed by atoms with Crippen molar-refractivity contribution in [2.24, 2.45) is 11.8 Å². The molecule has 0 saturated carbocycles. The summed E-state index contributed by atoms with van der Waals surface area (Å²) in [6.07, 6.45) is 13.9. The number of nitrogens with one attached hydrogen (secondary N) is 2. The molecule has 0 unspecified atom stereocenters. The number of carbonyl (C=O) groups excluding carboxylic acids is 2. The molecule has 2 amide bonds. The largest absolute Gasteiger partial charge is 0.354 e. The van der Waals surface area contributed by atoms with Crippen LogP contribution in [0.4, 0.5) is 0 Å². The van der Waals surface area contributed by atoms with E-state index in [0.717, 1.165) is 38.5 Å². The molecule has 0 fully saturated rings. The first-order valence-corrected chi connectivity index (χ1v) is 7.63. The second-order valence-electron chi connectivity index (χ2n) is 5.54. The molecule has 110 valence electrons. The highest BCUT2D eigenvalue weighted by Gasteiger charge is 2.19. The van der Waals surface area contributed by atoms with Crippen molar-refractivity contribution < 1.29 is 9.59 Å². The number of amides is 2. The Hall–Kier alpha value is -1.58. The number of hydrogen-bond donors (Lipinski definition) is 2. The van der Waals surface area contributed by atoms with Crippen LogP contribution in [0.15, 0.2) is 24.3 Å². The fourth-order valence-corrected chi connectivity index (χ4v) is 2.72. The molecule has 20 heavy (non-hydrogen) atoms. The summed E-state index contributed by atoms with van der Waals surface area (Å²) in [5, 5.41) is 5.82. The van der Waals surface area contributed by atoms with E-state index in [1.165, 1.54) is 0 Å². The highest BCUT2D eigenvalue weighted by molar-refractivity contribution is 5.80. The molecule has 0 aromatic rings. The first-order chi connectivity index (χ1) is 9.77. The van der Waals surface area contributed by atoms with Crippen LogP contribution in [0.2, 0.25) is 0 Å². The summed E-state index contributed by atoms with van der Waals surface area (Å²) in [4.78, 5) is 23.8. The zero-order valence-electron chi connectivity index (χ0n) is 11.9. The molecular weight excluding hydrogens is 252 g/mol. The van der Waals surface area contributed by atoms with E-state index < -0.39 is 0 Å². The van der Waals surface area contributed by atoms with Crippen molar-refractivity contribution in [2.75, 3.05) is 13.1 Å². The van der Waals surface area contributed by atoms with Crippen LogP contribution in [0.1, 0.15) is 38.5 Å². The summed E-state index contributed by atoms with van der Waals surface area (Å²) in [7, 11) is 0. The molecule has 2 aliphatic carbocycles. The molecule has 0 bridgehead atoms. The molecule has 2 atom stereocenters. The normalized spacial score (nSPS) is 25.2. The Balaban J connectivity index is 1.58. The van der Waals surface area contributed by atoms with Crippen molar-refractivity contribution >= 4 is 11.8 Å². The van der Waals surface area contributed by atoms with Crippen LogP contribution in [0.5, 0.6) is 0 Å². The van der Waals surface area contributed by atoms with E-state index in [-0.39, 0.29) is 23.7 Å². The molecule has 0 aromatic heterocycles. The quantitative estimate of drug-likeness (QED) is 0.595. The Morgan fingerprint density at radius 3 is 1.60 bits per heavy atom. The fourth-order valence-electron chi connectivity index (χ4n) is 2.72. The van der Waals surface area contributed by atoms with Gasteiger partial charge in [0.25, 0.3) is 0 Å². The average Bonchev–Trinajstić information content (AvgIpc) is 2.53. The summed E-state index contributed by atoms with van der Waals surface area (Å²) in [5.74, 6) is 0.451. The van der Waals surface area contributed by atoms with Gasteiger partial charge in [-0.15, -0.1) is 0 Å². The third-order valence-corrected chi connectivity index (χ3v) is 4.00. The van der Waals surface area contributed by atoms with Crippen molar-refractivity contribution in [1.82, 2.24) is 10.6 Å². The van der Waals surface area contributed by atoms with Crippen molar-refractivity contribution in [2.45, 2.75) is 38.5 Å². The number of carbonyl (C=O) groups is 2. The number of allylic oxidation sites excluding steroid dienone is 4. The third-order valence-electron chi connectivity index (χ3n) is 4.00. The molecule has 0 saturated heterocycles. The lowest BCUT2D eigenvalue weighted by molar-refractivity contribution is -0.127. The van der Waals surface area contributed by atoms with Crippen molar-refractivity contribution in [1.29, 1.82) is 0 Å². The summed E-state index contributed by atoms with van der Waals surface area (Å²) >= 11 is 0. The molecule has 0 aromatic carbocycles. The van der Waals surface area contributed by atoms with Gasteiger partial charge in [-0.2, -0.15) is 0 Å². The Labute approximate surface area is 120 Å². The van der Waals surface area contributed by atoms with Gasteiger partial charge in [0, 0.05) is 24.9 Å². The summed E-state index contributed by atoms with van der Waals surface area (Å²) in [6, 6.07) is 0. The van der Waals surface area contributed by atoms with Crippen LogP contribution < -0.4 is 10.6 Å². The molecule has 0 spiro atoms. The fraction of sp³-hybridized carbons (Fsp3) is 0.625. The minimum absolute atomic E-state index is 0.110. The van der Waals surface area contributed by atoms with Gasteiger partial charge in [0.2, 0.25) is 11.8 Å². The average molecular weight is 276 g/mol. The van der Waals surface area contributed by atoms with Gasteiger partial charge in [-0.05, 0) is 38.5 Å². The molecular formula is C16H24N2O2. The minimum Gasteiger partial charge on any atom is -0.354 e. The predicted molar refractivity (Wildman–Crippen MR) is 79.0 cm³/mol. The predicted octanol–water partition coefficient (Wildman–Crippen LogP) is 1.93. The molecule has 0 heterocycles. The monoisotopic (exact) mass is 276 g/mol. The van der Waals surface area contributed by atoms with Gasteiger partial charge in [-0.25, -0.2) is 0 Å². The first-order valence-electron chi connectivity index (χ1n) is 7.63. The van der Waals surface area contributed by atoms with Gasteiger partial charge in [-0.3, -0.25) is 9.59 Å². The lowest BCUT2D eigenvalue weighted by atomic mass is 9.93. The van der Waals surface area contributed by atoms with Crippen LogP contribution in [-0.4, -0.2) is 24.9 Å². The van der Waals surface area contributed by atoms with Gasteiger partial charge < -0.3 is 10.6 Å². The summed E-state index contributed by atoms with van der Waals surface area (Å²) in [6.45, 7) is 1.04. The maximum absolute atomic E-state index is 11.9. The van der Waals surface area contributed by atoms with E-state index in [9.17, 15) is 9.59 Å². The second kappa shape index (κ2) is 7.88. The van der Waals surface area contributed by atoms with E-state index >= 15 is 0 Å². The van der Waals surface area contributed by atoms with Gasteiger partial charge in [0.05, 0.1) is 0 Å². The third kappa shape index (κ3) is 4.51. The Bertz CT molecular complexity index is 363. The molecule has 4 nitrogen and oxygen atoms in total. The molecule has 2 rings (SSSR count). The lowest BCUT2D eigenvalue weighted by Crippen LogP contribution is -2.39. The summed E-state index contributed by atoms with van der Waals surface area (Å²) < 4.78 is 0. The number of rotatable bonds is 5. The standard InChI is InChI=1S/C16H24N2O2/c19-15(13-7-3-1-4-8-13)17-11-12-18-16(20)14-9-5-2-6-10-14/h1-3,5,13-14H,4,6-12H2,(H,17,19)(H,18,20)/t13-,14+. The zero-order chi connectivity index (χ0) is 14.2. The van der Waals surface area contributed by atoms with Gasteiger partial charge in [0.1, 0.15) is 0 Å². The van der Waals surface area contributed by atoms with Crippen molar-refractivity contribution in [3.8, 4) is 0 Å². The van der Waals surface area contributed by atoms with Gasteiger partial charge >= 0.3 is 0 Å².